The maximum Gasteiger partial charge on any atom is 0.241 e. The van der Waals surface area contributed by atoms with Crippen LogP contribution in [-0.2, 0) is 10.5 Å². The molecule has 24 heavy (non-hydrogen) atoms. The Balaban J connectivity index is 1.63. The van der Waals surface area contributed by atoms with Crippen LogP contribution in [-0.4, -0.2) is 28.8 Å². The minimum Gasteiger partial charge on any atom is -0.274 e. The fraction of sp³-hybridized carbons (Fsp3) is 0.235. The Hall–Kier alpha value is -2.22. The number of carbonyl (C=O) groups excluding carboxylic acids is 1. The van der Waals surface area contributed by atoms with Gasteiger partial charge >= 0.3 is 0 Å². The van der Waals surface area contributed by atoms with Gasteiger partial charge < -0.3 is 0 Å². The van der Waals surface area contributed by atoms with Gasteiger partial charge in [0, 0.05) is 18.5 Å². The smallest absolute Gasteiger partial charge is 0.241 e. The van der Waals surface area contributed by atoms with Gasteiger partial charge in [-0.2, -0.15) is 0 Å². The van der Waals surface area contributed by atoms with Crippen molar-refractivity contribution in [1.82, 2.24) is 15.8 Å². The largest absolute Gasteiger partial charge is 0.274 e. The molecule has 122 valence electrons. The monoisotopic (exact) mass is 339 g/mol. The highest BCUT2D eigenvalue weighted by Crippen LogP contribution is 2.30. The summed E-state index contributed by atoms with van der Waals surface area (Å²) in [7, 11) is 0. The number of amidine groups is 1. The van der Waals surface area contributed by atoms with Gasteiger partial charge in [-0.15, -0.1) is 0 Å². The molecule has 0 bridgehead atoms. The van der Waals surface area contributed by atoms with Crippen molar-refractivity contribution in [2.75, 3.05) is 11.4 Å². The van der Waals surface area contributed by atoms with E-state index in [1.165, 1.54) is 11.8 Å². The maximum atomic E-state index is 13.0. The normalized spacial score (nSPS) is 23.1. The van der Waals surface area contributed by atoms with Crippen LogP contribution in [0.4, 0.5) is 5.69 Å². The fourth-order valence-electron chi connectivity index (χ4n) is 2.81. The van der Waals surface area contributed by atoms with Crippen LogP contribution >= 0.6 is 11.8 Å². The van der Waals surface area contributed by atoms with Gasteiger partial charge in [-0.3, -0.25) is 20.1 Å². The van der Waals surface area contributed by atoms with E-state index in [1.807, 2.05) is 48.5 Å². The number of thioether (sulfide) groups is 1. The number of hydrazine groups is 1. The third kappa shape index (κ3) is 2.93. The highest BCUT2D eigenvalue weighted by atomic mass is 32.2. The first-order valence-corrected chi connectivity index (χ1v) is 8.79. The molecule has 0 radical (unpaired) electrons. The number of anilines is 1. The van der Waals surface area contributed by atoms with Crippen LogP contribution in [0, 0.1) is 5.92 Å². The molecule has 1 amide bonds. The maximum absolute atomic E-state index is 13.0. The molecule has 0 saturated carbocycles. The summed E-state index contributed by atoms with van der Waals surface area (Å²) in [6.45, 7) is 0.592. The quantitative estimate of drug-likeness (QED) is 0.892. The average molecular weight is 339 g/mol. The highest BCUT2D eigenvalue weighted by Gasteiger charge is 2.42. The van der Waals surface area contributed by atoms with Crippen LogP contribution in [0.1, 0.15) is 5.69 Å². The molecular weight excluding hydrogens is 322 g/mol. The van der Waals surface area contributed by atoms with Crippen LogP contribution < -0.4 is 15.8 Å². The first-order valence-electron chi connectivity index (χ1n) is 7.81. The van der Waals surface area contributed by atoms with E-state index in [-0.39, 0.29) is 18.0 Å². The minimum absolute atomic E-state index is 0.0715. The lowest BCUT2D eigenvalue weighted by atomic mass is 10.1. The van der Waals surface area contributed by atoms with Crippen molar-refractivity contribution in [2.24, 2.45) is 10.9 Å². The van der Waals surface area contributed by atoms with E-state index in [0.717, 1.165) is 11.4 Å². The lowest BCUT2D eigenvalue weighted by Gasteiger charge is -2.32. The molecular formula is C17H17N5OS. The zero-order chi connectivity index (χ0) is 16.4. The van der Waals surface area contributed by atoms with Gasteiger partial charge in [0.2, 0.25) is 5.91 Å². The Morgan fingerprint density at radius 2 is 2.00 bits per heavy atom. The van der Waals surface area contributed by atoms with E-state index in [0.29, 0.717) is 17.5 Å². The molecule has 1 fully saturated rings. The number of amides is 1. The van der Waals surface area contributed by atoms with Crippen LogP contribution in [0.15, 0.2) is 59.7 Å². The Morgan fingerprint density at radius 1 is 1.17 bits per heavy atom. The molecule has 2 atom stereocenters. The first-order chi connectivity index (χ1) is 11.8. The van der Waals surface area contributed by atoms with Crippen LogP contribution in [0.3, 0.4) is 0 Å². The summed E-state index contributed by atoms with van der Waals surface area (Å²) < 4.78 is 0. The fourth-order valence-corrected chi connectivity index (χ4v) is 3.77. The molecule has 0 aliphatic carbocycles. The van der Waals surface area contributed by atoms with Crippen LogP contribution in [0.5, 0.6) is 0 Å². The van der Waals surface area contributed by atoms with Gasteiger partial charge in [-0.05, 0) is 24.3 Å². The summed E-state index contributed by atoms with van der Waals surface area (Å²) in [6, 6.07) is 15.5. The SMILES string of the molecule is O=C1C2CNNC2N=C(SCc2ccccn2)N1c1ccccc1. The number of nitrogens with one attached hydrogen (secondary N) is 2. The van der Waals surface area contributed by atoms with Gasteiger partial charge in [0.05, 0.1) is 17.3 Å². The summed E-state index contributed by atoms with van der Waals surface area (Å²) in [5.41, 5.74) is 7.92. The minimum atomic E-state index is -0.205. The van der Waals surface area contributed by atoms with Crippen molar-refractivity contribution in [3.05, 3.63) is 60.4 Å². The van der Waals surface area contributed by atoms with Crippen molar-refractivity contribution in [2.45, 2.75) is 11.9 Å². The highest BCUT2D eigenvalue weighted by molar-refractivity contribution is 8.13. The molecule has 2 aliphatic rings. The number of carbonyl (C=O) groups is 1. The molecule has 2 N–H and O–H groups in total. The molecule has 0 spiro atoms. The predicted molar refractivity (Wildman–Crippen MR) is 95.3 cm³/mol. The van der Waals surface area contributed by atoms with Gasteiger partial charge in [-0.25, -0.2) is 10.4 Å². The second kappa shape index (κ2) is 6.72. The number of fused-ring (bicyclic) bond motifs is 1. The first kappa shape index (κ1) is 15.3. The second-order valence-corrected chi connectivity index (χ2v) is 6.55. The number of nitrogens with zero attached hydrogens (tertiary/aromatic N) is 3. The number of benzene rings is 1. The number of rotatable bonds is 3. The van der Waals surface area contributed by atoms with Gasteiger partial charge in [0.25, 0.3) is 0 Å². The molecule has 2 unspecified atom stereocenters. The Kier molecular flexibility index (Phi) is 4.29. The summed E-state index contributed by atoms with van der Waals surface area (Å²) in [4.78, 5) is 23.8. The molecule has 1 aromatic heterocycles. The Morgan fingerprint density at radius 3 is 2.79 bits per heavy atom. The standard InChI is InChI=1S/C17H17N5OS/c23-16-14-10-19-21-15(14)20-17(22(16)13-7-2-1-3-8-13)24-11-12-6-4-5-9-18-12/h1-9,14-15,19,21H,10-11H2. The predicted octanol–water partition coefficient (Wildman–Crippen LogP) is 1.77. The van der Waals surface area contributed by atoms with Crippen LogP contribution in [0.2, 0.25) is 0 Å². The number of hydrogen-bond acceptors (Lipinski definition) is 6. The van der Waals surface area contributed by atoms with Gasteiger partial charge in [-0.1, -0.05) is 36.0 Å². The van der Waals surface area contributed by atoms with Crippen molar-refractivity contribution in [3.63, 3.8) is 0 Å². The Bertz CT molecular complexity index is 752. The lowest BCUT2D eigenvalue weighted by Crippen LogP contribution is -2.49. The number of aliphatic imine (C=N–C) groups is 1. The topological polar surface area (TPSA) is 69.6 Å². The molecule has 1 aromatic carbocycles. The molecule has 6 nitrogen and oxygen atoms in total. The Labute approximate surface area is 144 Å². The number of pyridine rings is 1. The third-order valence-corrected chi connectivity index (χ3v) is 5.01. The lowest BCUT2D eigenvalue weighted by molar-refractivity contribution is -0.121. The van der Waals surface area contributed by atoms with Gasteiger partial charge in [0.1, 0.15) is 6.17 Å². The molecule has 1 saturated heterocycles. The zero-order valence-corrected chi connectivity index (χ0v) is 13.7. The van der Waals surface area contributed by atoms with Crippen LogP contribution in [0.25, 0.3) is 0 Å². The third-order valence-electron chi connectivity index (χ3n) is 4.02. The number of hydrogen-bond donors (Lipinski definition) is 2. The summed E-state index contributed by atoms with van der Waals surface area (Å²) in [5.74, 6) is 0.563. The molecule has 7 heteroatoms. The van der Waals surface area contributed by atoms with Crippen molar-refractivity contribution in [3.8, 4) is 0 Å². The van der Waals surface area contributed by atoms with E-state index < -0.39 is 0 Å². The van der Waals surface area contributed by atoms with E-state index in [1.54, 1.807) is 11.1 Å². The summed E-state index contributed by atoms with van der Waals surface area (Å²) >= 11 is 1.53. The average Bonchev–Trinajstić information content (AvgIpc) is 3.10. The summed E-state index contributed by atoms with van der Waals surface area (Å²) in [6.07, 6.45) is 1.57. The van der Waals surface area contributed by atoms with E-state index >= 15 is 0 Å². The molecule has 3 heterocycles. The van der Waals surface area contributed by atoms with E-state index in [4.69, 9.17) is 4.99 Å². The molecule has 4 rings (SSSR count). The van der Waals surface area contributed by atoms with E-state index in [9.17, 15) is 4.79 Å². The molecule has 2 aromatic rings. The van der Waals surface area contributed by atoms with Crippen molar-refractivity contribution >= 4 is 28.5 Å². The van der Waals surface area contributed by atoms with Crippen molar-refractivity contribution < 1.29 is 4.79 Å². The zero-order valence-electron chi connectivity index (χ0n) is 12.9. The summed E-state index contributed by atoms with van der Waals surface area (Å²) in [5, 5.41) is 0.703. The van der Waals surface area contributed by atoms with Gasteiger partial charge in [0.15, 0.2) is 5.17 Å². The second-order valence-electron chi connectivity index (χ2n) is 5.61. The number of para-hydroxylation sites is 1. The van der Waals surface area contributed by atoms with E-state index in [2.05, 4.69) is 15.8 Å². The number of aromatic nitrogens is 1. The molecule has 2 aliphatic heterocycles. The van der Waals surface area contributed by atoms with Crippen molar-refractivity contribution in [1.29, 1.82) is 0 Å².